The minimum absolute atomic E-state index is 0.418. The molecule has 2 rings (SSSR count). The Bertz CT molecular complexity index is 604. The third-order valence-electron chi connectivity index (χ3n) is 2.96. The summed E-state index contributed by atoms with van der Waals surface area (Å²) in [5.74, 6) is 1.58. The lowest BCUT2D eigenvalue weighted by Gasteiger charge is -2.15. The fourth-order valence-corrected chi connectivity index (χ4v) is 1.94. The molecule has 1 aromatic carbocycles. The van der Waals surface area contributed by atoms with Crippen molar-refractivity contribution in [1.82, 2.24) is 4.98 Å². The van der Waals surface area contributed by atoms with Crippen molar-refractivity contribution >= 4 is 11.4 Å². The van der Waals surface area contributed by atoms with Gasteiger partial charge in [-0.05, 0) is 18.2 Å². The zero-order valence-electron chi connectivity index (χ0n) is 11.6. The number of aromatic nitrogens is 1. The fourth-order valence-electron chi connectivity index (χ4n) is 1.94. The molecule has 0 atom stereocenters. The van der Waals surface area contributed by atoms with Crippen LogP contribution in [0.5, 0.6) is 17.2 Å². The Morgan fingerprint density at radius 3 is 2.05 bits per heavy atom. The second-order valence-corrected chi connectivity index (χ2v) is 4.08. The molecule has 6 nitrogen and oxygen atoms in total. The Kier molecular flexibility index (Phi) is 3.84. The molecule has 0 unspecified atom stereocenters. The second kappa shape index (κ2) is 5.56. The lowest BCUT2D eigenvalue weighted by Crippen LogP contribution is -2.00. The predicted molar refractivity (Wildman–Crippen MR) is 78.2 cm³/mol. The van der Waals surface area contributed by atoms with Crippen LogP contribution in [-0.2, 0) is 0 Å². The van der Waals surface area contributed by atoms with Crippen LogP contribution in [-0.4, -0.2) is 26.3 Å². The number of anilines is 2. The molecule has 0 spiro atoms. The molecule has 0 radical (unpaired) electrons. The lowest BCUT2D eigenvalue weighted by atomic mass is 10.1. The highest BCUT2D eigenvalue weighted by Crippen LogP contribution is 2.42. The molecule has 0 saturated heterocycles. The van der Waals surface area contributed by atoms with Crippen molar-refractivity contribution in [2.24, 2.45) is 0 Å². The molecule has 2 aromatic rings. The van der Waals surface area contributed by atoms with Crippen LogP contribution in [0.2, 0.25) is 0 Å². The summed E-state index contributed by atoms with van der Waals surface area (Å²) in [6.45, 7) is 0. The number of nitrogens with two attached hydrogens (primary N) is 2. The van der Waals surface area contributed by atoms with Crippen LogP contribution in [0.1, 0.15) is 0 Å². The number of hydrogen-bond donors (Lipinski definition) is 2. The predicted octanol–water partition coefficient (Wildman–Crippen LogP) is 1.94. The first-order valence-electron chi connectivity index (χ1n) is 5.92. The summed E-state index contributed by atoms with van der Waals surface area (Å²) in [4.78, 5) is 4.26. The van der Waals surface area contributed by atoms with Crippen LogP contribution in [0.4, 0.5) is 11.4 Å². The maximum atomic E-state index is 5.97. The molecule has 20 heavy (non-hydrogen) atoms. The minimum Gasteiger partial charge on any atom is -0.493 e. The van der Waals surface area contributed by atoms with Gasteiger partial charge in [0.25, 0.3) is 0 Å². The molecule has 0 bridgehead atoms. The number of nitrogens with zero attached hydrogens (tertiary/aromatic N) is 1. The highest BCUT2D eigenvalue weighted by Gasteiger charge is 2.16. The number of methoxy groups -OCH3 is 3. The fraction of sp³-hybridized carbons (Fsp3) is 0.214. The van der Waals surface area contributed by atoms with Crippen LogP contribution >= 0.6 is 0 Å². The first-order chi connectivity index (χ1) is 9.62. The largest absolute Gasteiger partial charge is 0.493 e. The van der Waals surface area contributed by atoms with Crippen molar-refractivity contribution in [2.75, 3.05) is 32.8 Å². The van der Waals surface area contributed by atoms with Crippen LogP contribution in [0.25, 0.3) is 11.3 Å². The van der Waals surface area contributed by atoms with Gasteiger partial charge in [-0.3, -0.25) is 4.98 Å². The van der Waals surface area contributed by atoms with Crippen LogP contribution in [0.15, 0.2) is 24.4 Å². The van der Waals surface area contributed by atoms with Crippen LogP contribution in [0, 0.1) is 0 Å². The van der Waals surface area contributed by atoms with Gasteiger partial charge in [-0.15, -0.1) is 0 Å². The van der Waals surface area contributed by atoms with Gasteiger partial charge in [-0.1, -0.05) is 0 Å². The summed E-state index contributed by atoms with van der Waals surface area (Å²) in [7, 11) is 4.65. The molecule has 6 heteroatoms. The van der Waals surface area contributed by atoms with Gasteiger partial charge in [0.2, 0.25) is 5.75 Å². The van der Waals surface area contributed by atoms with Crippen molar-refractivity contribution in [2.45, 2.75) is 0 Å². The van der Waals surface area contributed by atoms with Gasteiger partial charge < -0.3 is 25.7 Å². The van der Waals surface area contributed by atoms with Crippen LogP contribution < -0.4 is 25.7 Å². The van der Waals surface area contributed by atoms with Crippen molar-refractivity contribution in [3.8, 4) is 28.5 Å². The topological polar surface area (TPSA) is 92.6 Å². The molecule has 1 heterocycles. The molecular formula is C14H17N3O3. The number of ether oxygens (including phenoxy) is 3. The third kappa shape index (κ3) is 2.27. The molecule has 0 saturated carbocycles. The third-order valence-corrected chi connectivity index (χ3v) is 2.96. The summed E-state index contributed by atoms with van der Waals surface area (Å²) in [5.41, 5.74) is 14.0. The van der Waals surface area contributed by atoms with E-state index in [1.807, 2.05) is 0 Å². The van der Waals surface area contributed by atoms with Gasteiger partial charge in [-0.25, -0.2) is 0 Å². The van der Waals surface area contributed by atoms with E-state index >= 15 is 0 Å². The van der Waals surface area contributed by atoms with Crippen molar-refractivity contribution < 1.29 is 14.2 Å². The van der Waals surface area contributed by atoms with E-state index in [4.69, 9.17) is 25.7 Å². The zero-order valence-corrected chi connectivity index (χ0v) is 11.6. The maximum Gasteiger partial charge on any atom is 0.203 e. The van der Waals surface area contributed by atoms with Gasteiger partial charge in [0.15, 0.2) is 11.5 Å². The molecule has 4 N–H and O–H groups in total. The average Bonchev–Trinajstić information content (AvgIpc) is 2.48. The van der Waals surface area contributed by atoms with Gasteiger partial charge in [-0.2, -0.15) is 0 Å². The Labute approximate surface area is 117 Å². The Balaban J connectivity index is 2.66. The molecule has 0 aliphatic rings. The number of hydrogen-bond acceptors (Lipinski definition) is 6. The Morgan fingerprint density at radius 1 is 0.950 bits per heavy atom. The molecular weight excluding hydrogens is 258 g/mol. The van der Waals surface area contributed by atoms with Crippen molar-refractivity contribution in [3.63, 3.8) is 0 Å². The highest BCUT2D eigenvalue weighted by molar-refractivity contribution is 5.83. The Hall–Kier alpha value is -2.63. The van der Waals surface area contributed by atoms with E-state index in [1.165, 1.54) is 0 Å². The molecule has 1 aromatic heterocycles. The van der Waals surface area contributed by atoms with E-state index in [0.29, 0.717) is 34.3 Å². The summed E-state index contributed by atoms with van der Waals surface area (Å²) < 4.78 is 15.9. The van der Waals surface area contributed by atoms with Crippen molar-refractivity contribution in [3.05, 3.63) is 24.4 Å². The lowest BCUT2D eigenvalue weighted by molar-refractivity contribution is 0.324. The first-order valence-corrected chi connectivity index (χ1v) is 5.92. The van der Waals surface area contributed by atoms with Gasteiger partial charge in [0.05, 0.1) is 38.4 Å². The smallest absolute Gasteiger partial charge is 0.203 e. The monoisotopic (exact) mass is 275 g/mol. The van der Waals surface area contributed by atoms with E-state index in [2.05, 4.69) is 4.98 Å². The second-order valence-electron chi connectivity index (χ2n) is 4.08. The number of benzene rings is 1. The van der Waals surface area contributed by atoms with Gasteiger partial charge in [0, 0.05) is 11.8 Å². The normalized spacial score (nSPS) is 10.2. The standard InChI is InChI=1S/C14H17N3O3/c1-18-10-6-8(7-11(19-2)14(10)20-3)13-12(16)9(15)4-5-17-13/h4-7H,16H2,1-3H3,(H2,15,17). The van der Waals surface area contributed by atoms with E-state index in [0.717, 1.165) is 5.56 Å². The highest BCUT2D eigenvalue weighted by atomic mass is 16.5. The number of pyridine rings is 1. The maximum absolute atomic E-state index is 5.97. The molecule has 0 fully saturated rings. The minimum atomic E-state index is 0.418. The van der Waals surface area contributed by atoms with Crippen LogP contribution in [0.3, 0.4) is 0 Å². The number of nitrogen functional groups attached to an aromatic ring is 2. The molecule has 106 valence electrons. The number of rotatable bonds is 4. The Morgan fingerprint density at radius 2 is 1.55 bits per heavy atom. The quantitative estimate of drug-likeness (QED) is 0.885. The SMILES string of the molecule is COc1cc(-c2nccc(N)c2N)cc(OC)c1OC. The molecule has 0 aliphatic carbocycles. The van der Waals surface area contributed by atoms with E-state index in [-0.39, 0.29) is 0 Å². The average molecular weight is 275 g/mol. The van der Waals surface area contributed by atoms with E-state index < -0.39 is 0 Å². The summed E-state index contributed by atoms with van der Waals surface area (Å²) >= 11 is 0. The molecule has 0 aliphatic heterocycles. The van der Waals surface area contributed by atoms with E-state index in [9.17, 15) is 0 Å². The van der Waals surface area contributed by atoms with Gasteiger partial charge in [0.1, 0.15) is 0 Å². The summed E-state index contributed by atoms with van der Waals surface area (Å²) in [5, 5.41) is 0. The summed E-state index contributed by atoms with van der Waals surface area (Å²) in [6, 6.07) is 5.20. The van der Waals surface area contributed by atoms with E-state index in [1.54, 1.807) is 45.7 Å². The molecule has 0 amide bonds. The van der Waals surface area contributed by atoms with Gasteiger partial charge >= 0.3 is 0 Å². The first kappa shape index (κ1) is 13.8. The van der Waals surface area contributed by atoms with Crippen molar-refractivity contribution in [1.29, 1.82) is 0 Å². The zero-order chi connectivity index (χ0) is 14.7. The summed E-state index contributed by atoms with van der Waals surface area (Å²) in [6.07, 6.45) is 1.60.